The van der Waals surface area contributed by atoms with Gasteiger partial charge in [-0.15, -0.1) is 0 Å². The van der Waals surface area contributed by atoms with Crippen molar-refractivity contribution in [1.82, 2.24) is 0 Å². The summed E-state index contributed by atoms with van der Waals surface area (Å²) >= 11 is 6.19. The molecule has 1 unspecified atom stereocenters. The van der Waals surface area contributed by atoms with E-state index in [1.165, 1.54) is 17.0 Å². The molecule has 0 saturated carbocycles. The van der Waals surface area contributed by atoms with Gasteiger partial charge in [0.2, 0.25) is 0 Å². The summed E-state index contributed by atoms with van der Waals surface area (Å²) in [4.78, 5) is 28.0. The molecular weight excluding hydrogens is 466 g/mol. The van der Waals surface area contributed by atoms with E-state index in [2.05, 4.69) is 0 Å². The second-order valence-corrected chi connectivity index (χ2v) is 9.08. The van der Waals surface area contributed by atoms with Crippen LogP contribution in [0.25, 0.3) is 5.76 Å². The number of Topliss-reactive ketones (excluding diaryl/α,β-unsaturated/α-hetero) is 1. The number of aliphatic hydroxyl groups excluding tert-OH is 1. The number of anilines is 1. The van der Waals surface area contributed by atoms with Gasteiger partial charge in [0, 0.05) is 11.3 Å². The molecule has 1 atom stereocenters. The number of benzene rings is 3. The molecular formula is C28H24ClNO5. The molecule has 1 fully saturated rings. The van der Waals surface area contributed by atoms with E-state index in [1.54, 1.807) is 36.4 Å². The number of carbonyl (C=O) groups excluding carboxylic acids is 2. The number of amides is 1. The van der Waals surface area contributed by atoms with Gasteiger partial charge in [-0.05, 0) is 78.4 Å². The van der Waals surface area contributed by atoms with E-state index in [0.717, 1.165) is 36.1 Å². The van der Waals surface area contributed by atoms with Crippen LogP contribution >= 0.6 is 11.6 Å². The molecule has 0 radical (unpaired) electrons. The quantitative estimate of drug-likeness (QED) is 0.284. The number of aryl methyl sites for hydroxylation is 2. The molecule has 1 saturated heterocycles. The molecule has 5 rings (SSSR count). The lowest BCUT2D eigenvalue weighted by molar-refractivity contribution is -0.132. The number of phenolic OH excluding ortho intramolecular Hbond substituents is 1. The SMILES string of the molecule is CCc1ccc(N2C(=O)C(=O)/C(=C(\O)c3ccc4c(c3)CCCO4)C2c2ccc(O)c(Cl)c2)cc1. The van der Waals surface area contributed by atoms with E-state index in [1.807, 2.05) is 19.1 Å². The number of carbonyl (C=O) groups is 2. The fraction of sp³-hybridized carbons (Fsp3) is 0.214. The predicted molar refractivity (Wildman–Crippen MR) is 134 cm³/mol. The topological polar surface area (TPSA) is 87.1 Å². The highest BCUT2D eigenvalue weighted by Gasteiger charge is 2.47. The lowest BCUT2D eigenvalue weighted by Gasteiger charge is -2.26. The molecule has 7 heteroatoms. The van der Waals surface area contributed by atoms with Crippen LogP contribution < -0.4 is 9.64 Å². The molecule has 3 aromatic rings. The minimum atomic E-state index is -0.923. The molecule has 3 aromatic carbocycles. The maximum Gasteiger partial charge on any atom is 0.300 e. The first-order valence-corrected chi connectivity index (χ1v) is 11.9. The van der Waals surface area contributed by atoms with E-state index in [4.69, 9.17) is 16.3 Å². The summed E-state index contributed by atoms with van der Waals surface area (Å²) in [6.07, 6.45) is 2.49. The van der Waals surface area contributed by atoms with Crippen molar-refractivity contribution >= 4 is 34.7 Å². The van der Waals surface area contributed by atoms with E-state index in [0.29, 0.717) is 23.4 Å². The Labute approximate surface area is 208 Å². The molecule has 0 bridgehead atoms. The maximum absolute atomic E-state index is 13.3. The number of hydrogen-bond acceptors (Lipinski definition) is 5. The third-order valence-corrected chi connectivity index (χ3v) is 6.84. The summed E-state index contributed by atoms with van der Waals surface area (Å²) in [6.45, 7) is 2.67. The molecule has 178 valence electrons. The van der Waals surface area contributed by atoms with Crippen molar-refractivity contribution in [2.75, 3.05) is 11.5 Å². The zero-order chi connectivity index (χ0) is 24.7. The molecule has 2 aliphatic heterocycles. The van der Waals surface area contributed by atoms with Gasteiger partial charge in [-0.2, -0.15) is 0 Å². The van der Waals surface area contributed by atoms with Crippen LogP contribution in [0.3, 0.4) is 0 Å². The lowest BCUT2D eigenvalue weighted by Crippen LogP contribution is -2.29. The number of rotatable bonds is 4. The van der Waals surface area contributed by atoms with Crippen molar-refractivity contribution < 1.29 is 24.5 Å². The van der Waals surface area contributed by atoms with Gasteiger partial charge in [0.05, 0.1) is 23.2 Å². The first-order valence-electron chi connectivity index (χ1n) is 11.5. The number of aromatic hydroxyl groups is 1. The number of nitrogens with zero attached hydrogens (tertiary/aromatic N) is 1. The summed E-state index contributed by atoms with van der Waals surface area (Å²) in [5.74, 6) is -1.16. The Hall–Kier alpha value is -3.77. The van der Waals surface area contributed by atoms with Crippen LogP contribution in [0.5, 0.6) is 11.5 Å². The molecule has 0 spiro atoms. The number of ketones is 1. The van der Waals surface area contributed by atoms with Gasteiger partial charge in [-0.1, -0.05) is 36.7 Å². The highest BCUT2D eigenvalue weighted by Crippen LogP contribution is 2.44. The number of fused-ring (bicyclic) bond motifs is 1. The van der Waals surface area contributed by atoms with E-state index in [-0.39, 0.29) is 22.1 Å². The molecule has 35 heavy (non-hydrogen) atoms. The number of hydrogen-bond donors (Lipinski definition) is 2. The zero-order valence-corrected chi connectivity index (χ0v) is 19.9. The monoisotopic (exact) mass is 489 g/mol. The van der Waals surface area contributed by atoms with Gasteiger partial charge in [0.1, 0.15) is 17.3 Å². The lowest BCUT2D eigenvalue weighted by atomic mass is 9.93. The molecule has 0 aromatic heterocycles. The average Bonchev–Trinajstić information content (AvgIpc) is 3.15. The standard InChI is InChI=1S/C28H24ClNO5/c1-2-16-5-9-20(10-6-16)30-25(18-7-11-22(31)21(29)15-18)24(27(33)28(30)34)26(32)19-8-12-23-17(14-19)4-3-13-35-23/h5-12,14-15,25,31-32H,2-4,13H2,1H3/b26-24-. The van der Waals surface area contributed by atoms with Gasteiger partial charge in [-0.3, -0.25) is 14.5 Å². The summed E-state index contributed by atoms with van der Waals surface area (Å²) in [5, 5.41) is 21.4. The minimum absolute atomic E-state index is 0.0343. The third-order valence-electron chi connectivity index (χ3n) is 6.54. The van der Waals surface area contributed by atoms with Gasteiger partial charge in [0.25, 0.3) is 11.7 Å². The van der Waals surface area contributed by atoms with Crippen LogP contribution in [-0.2, 0) is 22.4 Å². The Bertz CT molecular complexity index is 1360. The normalized spacial score (nSPS) is 18.9. The average molecular weight is 490 g/mol. The molecule has 2 aliphatic rings. The van der Waals surface area contributed by atoms with Gasteiger partial charge >= 0.3 is 0 Å². The molecule has 1 amide bonds. The fourth-order valence-electron chi connectivity index (χ4n) is 4.66. The number of phenols is 1. The third kappa shape index (κ3) is 4.04. The largest absolute Gasteiger partial charge is 0.507 e. The van der Waals surface area contributed by atoms with E-state index in [9.17, 15) is 19.8 Å². The molecule has 0 aliphatic carbocycles. The van der Waals surface area contributed by atoms with Crippen molar-refractivity contribution in [3.05, 3.63) is 93.5 Å². The predicted octanol–water partition coefficient (Wildman–Crippen LogP) is 5.56. The first kappa shape index (κ1) is 23.0. The Morgan fingerprint density at radius 2 is 1.86 bits per heavy atom. The van der Waals surface area contributed by atoms with Crippen LogP contribution in [0, 0.1) is 0 Å². The highest BCUT2D eigenvalue weighted by atomic mass is 35.5. The molecule has 2 N–H and O–H groups in total. The van der Waals surface area contributed by atoms with Crippen LogP contribution in [0.4, 0.5) is 5.69 Å². The summed E-state index contributed by atoms with van der Waals surface area (Å²) in [5.41, 5.74) is 3.45. The highest BCUT2D eigenvalue weighted by molar-refractivity contribution is 6.51. The van der Waals surface area contributed by atoms with Crippen LogP contribution in [-0.4, -0.2) is 28.5 Å². The van der Waals surface area contributed by atoms with Crippen LogP contribution in [0.15, 0.2) is 66.2 Å². The van der Waals surface area contributed by atoms with Crippen LogP contribution in [0.1, 0.15) is 41.6 Å². The van der Waals surface area contributed by atoms with Crippen molar-refractivity contribution in [2.24, 2.45) is 0 Å². The first-order chi connectivity index (χ1) is 16.9. The Morgan fingerprint density at radius 1 is 1.09 bits per heavy atom. The van der Waals surface area contributed by atoms with Crippen molar-refractivity contribution in [3.63, 3.8) is 0 Å². The fourth-order valence-corrected chi connectivity index (χ4v) is 4.85. The number of halogens is 1. The minimum Gasteiger partial charge on any atom is -0.507 e. The van der Waals surface area contributed by atoms with Gasteiger partial charge in [-0.25, -0.2) is 0 Å². The second kappa shape index (κ2) is 9.12. The summed E-state index contributed by atoms with van der Waals surface area (Å²) in [6, 6.07) is 16.2. The van der Waals surface area contributed by atoms with E-state index < -0.39 is 17.7 Å². The Morgan fingerprint density at radius 3 is 2.57 bits per heavy atom. The Kier molecular flexibility index (Phi) is 5.99. The smallest absolute Gasteiger partial charge is 0.300 e. The second-order valence-electron chi connectivity index (χ2n) is 8.67. The zero-order valence-electron chi connectivity index (χ0n) is 19.1. The Balaban J connectivity index is 1.69. The van der Waals surface area contributed by atoms with Crippen molar-refractivity contribution in [3.8, 4) is 11.5 Å². The van der Waals surface area contributed by atoms with E-state index >= 15 is 0 Å². The van der Waals surface area contributed by atoms with Gasteiger partial charge < -0.3 is 14.9 Å². The van der Waals surface area contributed by atoms with Gasteiger partial charge in [0.15, 0.2) is 0 Å². The summed E-state index contributed by atoms with van der Waals surface area (Å²) < 4.78 is 5.67. The van der Waals surface area contributed by atoms with Crippen LogP contribution in [0.2, 0.25) is 5.02 Å². The number of ether oxygens (including phenoxy) is 1. The maximum atomic E-state index is 13.3. The van der Waals surface area contributed by atoms with Crippen molar-refractivity contribution in [1.29, 1.82) is 0 Å². The number of aliphatic hydroxyl groups is 1. The molecule has 2 heterocycles. The summed E-state index contributed by atoms with van der Waals surface area (Å²) in [7, 11) is 0. The van der Waals surface area contributed by atoms with Crippen molar-refractivity contribution in [2.45, 2.75) is 32.2 Å². The molecule has 6 nitrogen and oxygen atoms in total.